The Morgan fingerprint density at radius 2 is 2.00 bits per heavy atom. The van der Waals surface area contributed by atoms with Crippen molar-refractivity contribution in [1.29, 1.82) is 0 Å². The lowest BCUT2D eigenvalue weighted by Crippen LogP contribution is -2.37. The van der Waals surface area contributed by atoms with E-state index in [4.69, 9.17) is 4.74 Å². The molecule has 0 saturated heterocycles. The van der Waals surface area contributed by atoms with E-state index >= 15 is 0 Å². The Kier molecular flexibility index (Phi) is 5.56. The van der Waals surface area contributed by atoms with E-state index < -0.39 is 0 Å². The zero-order chi connectivity index (χ0) is 18.5. The van der Waals surface area contributed by atoms with Gasteiger partial charge in [-0.05, 0) is 48.2 Å². The summed E-state index contributed by atoms with van der Waals surface area (Å²) in [5, 5.41) is 5.85. The Morgan fingerprint density at radius 1 is 1.19 bits per heavy atom. The number of fused-ring (bicyclic) bond motifs is 1. The molecule has 0 aliphatic carbocycles. The second-order valence-electron chi connectivity index (χ2n) is 6.58. The zero-order valence-corrected chi connectivity index (χ0v) is 15.2. The molecule has 0 saturated carbocycles. The van der Waals surface area contributed by atoms with Crippen molar-refractivity contribution in [2.45, 2.75) is 33.2 Å². The molecule has 1 aliphatic heterocycles. The number of aryl methyl sites for hydroxylation is 1. The van der Waals surface area contributed by atoms with Crippen LogP contribution in [0.25, 0.3) is 0 Å². The lowest BCUT2D eigenvalue weighted by molar-refractivity contribution is -0.126. The van der Waals surface area contributed by atoms with Crippen molar-refractivity contribution in [3.8, 4) is 5.75 Å². The van der Waals surface area contributed by atoms with E-state index in [9.17, 15) is 9.59 Å². The number of hydrogen-bond donors (Lipinski definition) is 2. The number of ether oxygens (including phenoxy) is 1. The standard InChI is InChI=1S/C21H24N2O3/c1-3-20(24)23-18-8-9-19-16(11-18)10-17(13-26-19)21(25)22-12-15-7-5-4-6-14(15)2/h4-9,11,17H,3,10,12-13H2,1-2H3,(H,22,25)(H,23,24)/t17-/m0/s1. The number of amides is 2. The molecule has 1 atom stereocenters. The first kappa shape index (κ1) is 18.0. The predicted octanol–water partition coefficient (Wildman–Crippen LogP) is 3.21. The molecule has 2 aromatic rings. The fourth-order valence-electron chi connectivity index (χ4n) is 3.03. The van der Waals surface area contributed by atoms with Gasteiger partial charge in [-0.3, -0.25) is 9.59 Å². The molecule has 5 nitrogen and oxygen atoms in total. The average Bonchev–Trinajstić information content (AvgIpc) is 2.66. The zero-order valence-electron chi connectivity index (χ0n) is 15.2. The van der Waals surface area contributed by atoms with Crippen LogP contribution in [0.3, 0.4) is 0 Å². The Hall–Kier alpha value is -2.82. The summed E-state index contributed by atoms with van der Waals surface area (Å²) in [6.45, 7) is 4.73. The van der Waals surface area contributed by atoms with Gasteiger partial charge in [-0.2, -0.15) is 0 Å². The monoisotopic (exact) mass is 352 g/mol. The molecule has 0 radical (unpaired) electrons. The van der Waals surface area contributed by atoms with Gasteiger partial charge in [0.15, 0.2) is 0 Å². The van der Waals surface area contributed by atoms with Crippen molar-refractivity contribution < 1.29 is 14.3 Å². The molecular weight excluding hydrogens is 328 g/mol. The van der Waals surface area contributed by atoms with Gasteiger partial charge in [0.2, 0.25) is 11.8 Å². The predicted molar refractivity (Wildman–Crippen MR) is 101 cm³/mol. The third-order valence-electron chi connectivity index (χ3n) is 4.66. The number of hydrogen-bond acceptors (Lipinski definition) is 3. The molecule has 5 heteroatoms. The summed E-state index contributed by atoms with van der Waals surface area (Å²) >= 11 is 0. The third-order valence-corrected chi connectivity index (χ3v) is 4.66. The molecule has 2 N–H and O–H groups in total. The summed E-state index contributed by atoms with van der Waals surface area (Å²) in [6, 6.07) is 13.6. The minimum atomic E-state index is -0.233. The summed E-state index contributed by atoms with van der Waals surface area (Å²) in [4.78, 5) is 24.1. The Bertz CT molecular complexity index is 817. The summed E-state index contributed by atoms with van der Waals surface area (Å²) in [6.07, 6.45) is 1.03. The normalized spacial score (nSPS) is 15.5. The molecule has 136 valence electrons. The van der Waals surface area contributed by atoms with Crippen LogP contribution >= 0.6 is 0 Å². The van der Waals surface area contributed by atoms with E-state index in [1.54, 1.807) is 0 Å². The van der Waals surface area contributed by atoms with Gasteiger partial charge in [0, 0.05) is 18.7 Å². The highest BCUT2D eigenvalue weighted by Gasteiger charge is 2.26. The Morgan fingerprint density at radius 3 is 2.77 bits per heavy atom. The third kappa shape index (κ3) is 4.23. The summed E-state index contributed by atoms with van der Waals surface area (Å²) < 4.78 is 5.75. The molecule has 3 rings (SSSR count). The lowest BCUT2D eigenvalue weighted by atomic mass is 9.95. The highest BCUT2D eigenvalue weighted by molar-refractivity contribution is 5.90. The molecule has 0 bridgehead atoms. The molecule has 1 heterocycles. The van der Waals surface area contributed by atoms with Crippen LogP contribution in [0, 0.1) is 12.8 Å². The van der Waals surface area contributed by atoms with Crippen LogP contribution < -0.4 is 15.4 Å². The molecule has 0 fully saturated rings. The number of carbonyl (C=O) groups is 2. The van der Waals surface area contributed by atoms with Crippen LogP contribution in [0.15, 0.2) is 42.5 Å². The Labute approximate surface area is 153 Å². The molecular formula is C21H24N2O3. The second kappa shape index (κ2) is 8.04. The molecule has 1 aliphatic rings. The van der Waals surface area contributed by atoms with Crippen LogP contribution in [-0.2, 0) is 22.6 Å². The Balaban J connectivity index is 1.63. The number of carbonyl (C=O) groups excluding carboxylic acids is 2. The van der Waals surface area contributed by atoms with Crippen LogP contribution in [0.4, 0.5) is 5.69 Å². The molecule has 0 aromatic heterocycles. The van der Waals surface area contributed by atoms with Gasteiger partial charge in [-0.1, -0.05) is 31.2 Å². The van der Waals surface area contributed by atoms with Gasteiger partial charge < -0.3 is 15.4 Å². The van der Waals surface area contributed by atoms with Crippen molar-refractivity contribution in [2.24, 2.45) is 5.92 Å². The number of benzene rings is 2. The minimum Gasteiger partial charge on any atom is -0.492 e. The minimum absolute atomic E-state index is 0.0121. The number of nitrogens with one attached hydrogen (secondary N) is 2. The molecule has 0 unspecified atom stereocenters. The van der Waals surface area contributed by atoms with Gasteiger partial charge in [0.05, 0.1) is 5.92 Å². The largest absolute Gasteiger partial charge is 0.492 e. The SMILES string of the molecule is CCC(=O)Nc1ccc2c(c1)C[C@H](C(=O)NCc1ccccc1C)CO2. The van der Waals surface area contributed by atoms with E-state index in [0.29, 0.717) is 26.0 Å². The van der Waals surface area contributed by atoms with E-state index in [1.807, 2.05) is 56.3 Å². The van der Waals surface area contributed by atoms with Gasteiger partial charge in [-0.25, -0.2) is 0 Å². The highest BCUT2D eigenvalue weighted by atomic mass is 16.5. The van der Waals surface area contributed by atoms with Gasteiger partial charge in [0.25, 0.3) is 0 Å². The fraction of sp³-hybridized carbons (Fsp3) is 0.333. The summed E-state index contributed by atoms with van der Waals surface area (Å²) in [5.41, 5.74) is 3.96. The maximum Gasteiger partial charge on any atom is 0.227 e. The maximum absolute atomic E-state index is 12.5. The topological polar surface area (TPSA) is 67.4 Å². The van der Waals surface area contributed by atoms with Crippen molar-refractivity contribution in [3.63, 3.8) is 0 Å². The second-order valence-corrected chi connectivity index (χ2v) is 6.58. The summed E-state index contributed by atoms with van der Waals surface area (Å²) in [7, 11) is 0. The number of anilines is 1. The molecule has 2 amide bonds. The van der Waals surface area contributed by atoms with Gasteiger partial charge in [-0.15, -0.1) is 0 Å². The van der Waals surface area contributed by atoms with Crippen molar-refractivity contribution in [2.75, 3.05) is 11.9 Å². The smallest absolute Gasteiger partial charge is 0.227 e. The molecule has 26 heavy (non-hydrogen) atoms. The van der Waals surface area contributed by atoms with Crippen LogP contribution in [0.5, 0.6) is 5.75 Å². The highest BCUT2D eigenvalue weighted by Crippen LogP contribution is 2.30. The molecule has 2 aromatic carbocycles. The first-order chi connectivity index (χ1) is 12.6. The quantitative estimate of drug-likeness (QED) is 0.868. The van der Waals surface area contributed by atoms with E-state index in [-0.39, 0.29) is 17.7 Å². The lowest BCUT2D eigenvalue weighted by Gasteiger charge is -2.25. The van der Waals surface area contributed by atoms with Crippen molar-refractivity contribution >= 4 is 17.5 Å². The summed E-state index contributed by atoms with van der Waals surface area (Å²) in [5.74, 6) is 0.502. The van der Waals surface area contributed by atoms with Crippen LogP contribution in [0.2, 0.25) is 0 Å². The maximum atomic E-state index is 12.5. The van der Waals surface area contributed by atoms with Crippen LogP contribution in [-0.4, -0.2) is 18.4 Å². The fourth-order valence-corrected chi connectivity index (χ4v) is 3.03. The first-order valence-corrected chi connectivity index (χ1v) is 8.94. The number of rotatable bonds is 5. The van der Waals surface area contributed by atoms with Gasteiger partial charge in [0.1, 0.15) is 12.4 Å². The van der Waals surface area contributed by atoms with E-state index in [1.165, 1.54) is 0 Å². The van der Waals surface area contributed by atoms with E-state index in [2.05, 4.69) is 10.6 Å². The van der Waals surface area contributed by atoms with Crippen molar-refractivity contribution in [1.82, 2.24) is 5.32 Å². The first-order valence-electron chi connectivity index (χ1n) is 8.94. The molecule has 0 spiro atoms. The van der Waals surface area contributed by atoms with E-state index in [0.717, 1.165) is 28.1 Å². The van der Waals surface area contributed by atoms with Crippen molar-refractivity contribution in [3.05, 3.63) is 59.2 Å². The van der Waals surface area contributed by atoms with Gasteiger partial charge >= 0.3 is 0 Å². The van der Waals surface area contributed by atoms with Crippen LogP contribution in [0.1, 0.15) is 30.0 Å². The average molecular weight is 352 g/mol.